The van der Waals surface area contributed by atoms with Crippen LogP contribution in [-0.4, -0.2) is 39.4 Å². The lowest BCUT2D eigenvalue weighted by molar-refractivity contribution is 0.0748. The highest BCUT2D eigenvalue weighted by Gasteiger charge is 1.95. The van der Waals surface area contributed by atoms with Crippen molar-refractivity contribution in [2.75, 3.05) is 38.8 Å². The van der Waals surface area contributed by atoms with Crippen LogP contribution in [0.15, 0.2) is 29.3 Å². The van der Waals surface area contributed by atoms with E-state index in [9.17, 15) is 0 Å². The Morgan fingerprint density at radius 1 is 1.21 bits per heavy atom. The minimum absolute atomic E-state index is 0.402. The van der Waals surface area contributed by atoms with Crippen LogP contribution in [0, 0.1) is 0 Å². The topological polar surface area (TPSA) is 68.9 Å². The number of hydrogen-bond donors (Lipinski definition) is 2. The van der Waals surface area contributed by atoms with Gasteiger partial charge in [-0.25, -0.2) is 0 Å². The highest BCUT2D eigenvalue weighted by Crippen LogP contribution is 2.09. The number of guanidine groups is 1. The number of anilines is 1. The molecule has 5 nitrogen and oxygen atoms in total. The van der Waals surface area contributed by atoms with Gasteiger partial charge in [-0.1, -0.05) is 19.1 Å². The van der Waals surface area contributed by atoms with Crippen molar-refractivity contribution in [1.82, 2.24) is 0 Å². The van der Waals surface area contributed by atoms with Gasteiger partial charge in [0.05, 0.1) is 26.4 Å². The number of nitrogens with two attached hydrogens (primary N) is 1. The lowest BCUT2D eigenvalue weighted by Gasteiger charge is -2.06. The second-order valence-electron chi connectivity index (χ2n) is 4.05. The first-order chi connectivity index (χ1) is 9.26. The summed E-state index contributed by atoms with van der Waals surface area (Å²) in [5.74, 6) is 0.402. The van der Waals surface area contributed by atoms with Crippen LogP contribution in [0.3, 0.4) is 0 Å². The summed E-state index contributed by atoms with van der Waals surface area (Å²) in [6, 6.07) is 8.14. The Balaban J connectivity index is 2.26. The van der Waals surface area contributed by atoms with Gasteiger partial charge in [-0.2, -0.15) is 0 Å². The standard InChI is InChI=1S/C14H23N3O2/c1-3-12-4-6-13(7-5-12)17-14(15)16-8-9-19-11-10-18-2/h4-7H,3,8-11H2,1-2H3,(H3,15,16,17). The Hall–Kier alpha value is -1.59. The number of benzene rings is 1. The largest absolute Gasteiger partial charge is 0.382 e. The van der Waals surface area contributed by atoms with Crippen molar-refractivity contribution >= 4 is 11.6 Å². The van der Waals surface area contributed by atoms with Gasteiger partial charge in [-0.05, 0) is 24.1 Å². The molecule has 0 spiro atoms. The van der Waals surface area contributed by atoms with Crippen molar-refractivity contribution in [2.24, 2.45) is 10.7 Å². The SMILES string of the molecule is CCc1ccc(NC(N)=NCCOCCOC)cc1. The van der Waals surface area contributed by atoms with Gasteiger partial charge in [-0.3, -0.25) is 4.99 Å². The van der Waals surface area contributed by atoms with Gasteiger partial charge in [0.15, 0.2) is 5.96 Å². The Labute approximate surface area is 114 Å². The van der Waals surface area contributed by atoms with E-state index in [0.717, 1.165) is 12.1 Å². The summed E-state index contributed by atoms with van der Waals surface area (Å²) in [5.41, 5.74) is 8.02. The van der Waals surface area contributed by atoms with Crippen LogP contribution >= 0.6 is 0 Å². The van der Waals surface area contributed by atoms with Gasteiger partial charge in [-0.15, -0.1) is 0 Å². The Morgan fingerprint density at radius 2 is 1.95 bits per heavy atom. The van der Waals surface area contributed by atoms with Crippen LogP contribution in [-0.2, 0) is 15.9 Å². The molecule has 0 aromatic heterocycles. The highest BCUT2D eigenvalue weighted by atomic mass is 16.5. The van der Waals surface area contributed by atoms with E-state index in [1.54, 1.807) is 7.11 Å². The third kappa shape index (κ3) is 6.79. The summed E-state index contributed by atoms with van der Waals surface area (Å²) in [5, 5.41) is 3.04. The van der Waals surface area contributed by atoms with Crippen LogP contribution in [0.5, 0.6) is 0 Å². The van der Waals surface area contributed by atoms with Crippen LogP contribution < -0.4 is 11.1 Å². The second-order valence-corrected chi connectivity index (χ2v) is 4.05. The molecular weight excluding hydrogens is 242 g/mol. The fourth-order valence-electron chi connectivity index (χ4n) is 1.49. The van der Waals surface area contributed by atoms with Crippen molar-refractivity contribution in [3.63, 3.8) is 0 Å². The molecule has 19 heavy (non-hydrogen) atoms. The van der Waals surface area contributed by atoms with E-state index in [2.05, 4.69) is 29.4 Å². The van der Waals surface area contributed by atoms with Crippen LogP contribution in [0.2, 0.25) is 0 Å². The maximum Gasteiger partial charge on any atom is 0.193 e. The van der Waals surface area contributed by atoms with E-state index in [1.165, 1.54) is 5.56 Å². The van der Waals surface area contributed by atoms with Gasteiger partial charge in [0.25, 0.3) is 0 Å². The molecule has 1 rings (SSSR count). The zero-order valence-corrected chi connectivity index (χ0v) is 11.7. The Kier molecular flexibility index (Phi) is 7.62. The van der Waals surface area contributed by atoms with E-state index >= 15 is 0 Å². The zero-order valence-electron chi connectivity index (χ0n) is 11.7. The van der Waals surface area contributed by atoms with Gasteiger partial charge in [0, 0.05) is 12.8 Å². The summed E-state index contributed by atoms with van der Waals surface area (Å²) in [7, 11) is 1.65. The average Bonchev–Trinajstić information content (AvgIpc) is 2.43. The molecule has 0 saturated carbocycles. The predicted molar refractivity (Wildman–Crippen MR) is 78.6 cm³/mol. The number of methoxy groups -OCH3 is 1. The van der Waals surface area contributed by atoms with Crippen molar-refractivity contribution in [1.29, 1.82) is 0 Å². The van der Waals surface area contributed by atoms with Crippen LogP contribution in [0.4, 0.5) is 5.69 Å². The summed E-state index contributed by atoms with van der Waals surface area (Å²) in [6.45, 7) is 4.39. The number of aliphatic imine (C=N–C) groups is 1. The number of ether oxygens (including phenoxy) is 2. The lowest BCUT2D eigenvalue weighted by Crippen LogP contribution is -2.23. The van der Waals surface area contributed by atoms with E-state index in [-0.39, 0.29) is 0 Å². The van der Waals surface area contributed by atoms with Crippen LogP contribution in [0.25, 0.3) is 0 Å². The molecule has 0 amide bonds. The van der Waals surface area contributed by atoms with Gasteiger partial charge in [0.2, 0.25) is 0 Å². The summed E-state index contributed by atoms with van der Waals surface area (Å²) in [4.78, 5) is 4.18. The first-order valence-corrected chi connectivity index (χ1v) is 6.48. The predicted octanol–water partition coefficient (Wildman–Crippen LogP) is 1.64. The molecule has 0 atom stereocenters. The van der Waals surface area contributed by atoms with E-state index in [4.69, 9.17) is 15.2 Å². The molecule has 1 aromatic carbocycles. The molecule has 0 saturated heterocycles. The number of nitrogens with zero attached hydrogens (tertiary/aromatic N) is 1. The molecule has 0 unspecified atom stereocenters. The molecule has 0 radical (unpaired) electrons. The molecule has 106 valence electrons. The normalized spacial score (nSPS) is 11.6. The second kappa shape index (κ2) is 9.35. The summed E-state index contributed by atoms with van der Waals surface area (Å²) >= 11 is 0. The van der Waals surface area contributed by atoms with Crippen molar-refractivity contribution in [3.8, 4) is 0 Å². The molecule has 0 aliphatic rings. The Morgan fingerprint density at radius 3 is 2.58 bits per heavy atom. The maximum atomic E-state index is 5.78. The molecule has 3 N–H and O–H groups in total. The molecular formula is C14H23N3O2. The first-order valence-electron chi connectivity index (χ1n) is 6.48. The third-order valence-corrected chi connectivity index (χ3v) is 2.58. The molecule has 5 heteroatoms. The smallest absolute Gasteiger partial charge is 0.193 e. The summed E-state index contributed by atoms with van der Waals surface area (Å²) < 4.78 is 10.2. The van der Waals surface area contributed by atoms with Gasteiger partial charge < -0.3 is 20.5 Å². The first kappa shape index (κ1) is 15.5. The van der Waals surface area contributed by atoms with Crippen molar-refractivity contribution in [2.45, 2.75) is 13.3 Å². The fourth-order valence-corrected chi connectivity index (χ4v) is 1.49. The summed E-state index contributed by atoms with van der Waals surface area (Å²) in [6.07, 6.45) is 1.03. The molecule has 1 aromatic rings. The quantitative estimate of drug-likeness (QED) is 0.426. The zero-order chi connectivity index (χ0) is 13.9. The minimum atomic E-state index is 0.402. The fraction of sp³-hybridized carbons (Fsp3) is 0.500. The monoisotopic (exact) mass is 265 g/mol. The minimum Gasteiger partial charge on any atom is -0.382 e. The van der Waals surface area contributed by atoms with Gasteiger partial charge >= 0.3 is 0 Å². The van der Waals surface area contributed by atoms with E-state index < -0.39 is 0 Å². The molecule has 0 fully saturated rings. The maximum absolute atomic E-state index is 5.78. The lowest BCUT2D eigenvalue weighted by atomic mass is 10.1. The van der Waals surface area contributed by atoms with E-state index in [0.29, 0.717) is 32.3 Å². The number of aryl methyl sites for hydroxylation is 1. The highest BCUT2D eigenvalue weighted by molar-refractivity contribution is 5.92. The van der Waals surface area contributed by atoms with Crippen molar-refractivity contribution in [3.05, 3.63) is 29.8 Å². The average molecular weight is 265 g/mol. The molecule has 0 bridgehead atoms. The number of nitrogens with one attached hydrogen (secondary N) is 1. The van der Waals surface area contributed by atoms with Gasteiger partial charge in [0.1, 0.15) is 0 Å². The van der Waals surface area contributed by atoms with Crippen LogP contribution in [0.1, 0.15) is 12.5 Å². The molecule has 0 aliphatic heterocycles. The number of hydrogen-bond acceptors (Lipinski definition) is 3. The van der Waals surface area contributed by atoms with E-state index in [1.807, 2.05) is 12.1 Å². The Bertz CT molecular complexity index is 377. The number of rotatable bonds is 8. The third-order valence-electron chi connectivity index (χ3n) is 2.58. The molecule has 0 heterocycles. The molecule has 0 aliphatic carbocycles. The van der Waals surface area contributed by atoms with Crippen molar-refractivity contribution < 1.29 is 9.47 Å².